The third-order valence-corrected chi connectivity index (χ3v) is 4.22. The number of pyridine rings is 1. The van der Waals surface area contributed by atoms with E-state index in [1.54, 1.807) is 12.4 Å². The van der Waals surface area contributed by atoms with Crippen molar-refractivity contribution in [2.75, 3.05) is 44.7 Å². The number of morpholine rings is 1. The molecule has 2 heterocycles. The summed E-state index contributed by atoms with van der Waals surface area (Å²) in [6.07, 6.45) is 9.84. The number of hydrogen-bond donors (Lipinski definition) is 2. The quantitative estimate of drug-likeness (QED) is 0.534. The van der Waals surface area contributed by atoms with Gasteiger partial charge in [-0.1, -0.05) is 19.3 Å². The molecule has 0 spiro atoms. The zero-order chi connectivity index (χ0) is 16.2. The highest BCUT2D eigenvalue weighted by Gasteiger charge is 2.08. The smallest absolute Gasteiger partial charge is 0.170 e. The highest BCUT2D eigenvalue weighted by Crippen LogP contribution is 2.06. The molecule has 0 atom stereocenters. The Morgan fingerprint density at radius 3 is 2.57 bits per heavy atom. The SMILES string of the molecule is S=C(NCCCCCCCN1CCOCC1)Nc1ccncc1. The van der Waals surface area contributed by atoms with Gasteiger partial charge in [-0.3, -0.25) is 9.88 Å². The number of rotatable bonds is 9. The van der Waals surface area contributed by atoms with Gasteiger partial charge in [0.1, 0.15) is 0 Å². The molecule has 2 rings (SSSR count). The topological polar surface area (TPSA) is 49.4 Å². The van der Waals surface area contributed by atoms with E-state index in [0.29, 0.717) is 5.11 Å². The van der Waals surface area contributed by atoms with Crippen molar-refractivity contribution in [2.24, 2.45) is 0 Å². The Bertz CT molecular complexity index is 437. The van der Waals surface area contributed by atoms with Gasteiger partial charge < -0.3 is 15.4 Å². The molecular formula is C17H28N4OS. The Hall–Kier alpha value is -1.24. The standard InChI is InChI=1S/C17H28N4OS/c23-17(20-16-6-9-18-10-7-16)19-8-4-2-1-3-5-11-21-12-14-22-15-13-21/h6-7,9-10H,1-5,8,11-15H2,(H2,18,19,20,23). The lowest BCUT2D eigenvalue weighted by molar-refractivity contribution is 0.0371. The van der Waals surface area contributed by atoms with Crippen LogP contribution in [0.2, 0.25) is 0 Å². The van der Waals surface area contributed by atoms with E-state index in [0.717, 1.165) is 45.0 Å². The minimum Gasteiger partial charge on any atom is -0.379 e. The molecule has 2 N–H and O–H groups in total. The van der Waals surface area contributed by atoms with Crippen molar-refractivity contribution in [1.29, 1.82) is 0 Å². The molecule has 0 radical (unpaired) electrons. The van der Waals surface area contributed by atoms with Gasteiger partial charge >= 0.3 is 0 Å². The summed E-state index contributed by atoms with van der Waals surface area (Å²) in [6, 6.07) is 3.81. The van der Waals surface area contributed by atoms with Gasteiger partial charge in [0.05, 0.1) is 13.2 Å². The number of hydrogen-bond acceptors (Lipinski definition) is 4. The van der Waals surface area contributed by atoms with Crippen LogP contribution in [0.15, 0.2) is 24.5 Å². The Morgan fingerprint density at radius 1 is 1.09 bits per heavy atom. The maximum atomic E-state index is 5.36. The van der Waals surface area contributed by atoms with Crippen molar-refractivity contribution in [3.05, 3.63) is 24.5 Å². The van der Waals surface area contributed by atoms with Crippen molar-refractivity contribution in [1.82, 2.24) is 15.2 Å². The lowest BCUT2D eigenvalue weighted by Gasteiger charge is -2.26. The van der Waals surface area contributed by atoms with Crippen LogP contribution in [0.1, 0.15) is 32.1 Å². The van der Waals surface area contributed by atoms with Crippen LogP contribution in [0.4, 0.5) is 5.69 Å². The lowest BCUT2D eigenvalue weighted by atomic mass is 10.1. The first kappa shape index (κ1) is 18.1. The molecule has 1 aromatic heterocycles. The minimum atomic E-state index is 0.684. The van der Waals surface area contributed by atoms with Gasteiger partial charge in [-0.25, -0.2) is 0 Å². The molecule has 0 amide bonds. The van der Waals surface area contributed by atoms with E-state index in [9.17, 15) is 0 Å². The summed E-state index contributed by atoms with van der Waals surface area (Å²) in [5, 5.41) is 7.09. The van der Waals surface area contributed by atoms with Crippen LogP contribution in [0.3, 0.4) is 0 Å². The largest absolute Gasteiger partial charge is 0.379 e. The number of ether oxygens (including phenoxy) is 1. The lowest BCUT2D eigenvalue weighted by Crippen LogP contribution is -2.36. The molecule has 6 heteroatoms. The first-order chi connectivity index (χ1) is 11.3. The number of unbranched alkanes of at least 4 members (excludes halogenated alkanes) is 4. The van der Waals surface area contributed by atoms with Gasteiger partial charge in [0.25, 0.3) is 0 Å². The van der Waals surface area contributed by atoms with E-state index in [2.05, 4.69) is 20.5 Å². The minimum absolute atomic E-state index is 0.684. The maximum Gasteiger partial charge on any atom is 0.170 e. The summed E-state index contributed by atoms with van der Waals surface area (Å²) in [5.41, 5.74) is 0.973. The Labute approximate surface area is 144 Å². The number of aromatic nitrogens is 1. The second-order valence-electron chi connectivity index (χ2n) is 5.84. The van der Waals surface area contributed by atoms with Crippen molar-refractivity contribution in [2.45, 2.75) is 32.1 Å². The molecule has 1 fully saturated rings. The van der Waals surface area contributed by atoms with Gasteiger partial charge in [0, 0.05) is 37.7 Å². The molecule has 0 aliphatic carbocycles. The number of thiocarbonyl (C=S) groups is 1. The molecule has 5 nitrogen and oxygen atoms in total. The van der Waals surface area contributed by atoms with Crippen LogP contribution in [0, 0.1) is 0 Å². The summed E-state index contributed by atoms with van der Waals surface area (Å²) < 4.78 is 5.36. The first-order valence-corrected chi connectivity index (χ1v) is 9.00. The number of anilines is 1. The third kappa shape index (κ3) is 8.25. The third-order valence-electron chi connectivity index (χ3n) is 3.98. The summed E-state index contributed by atoms with van der Waals surface area (Å²) >= 11 is 5.27. The van der Waals surface area contributed by atoms with E-state index in [1.165, 1.54) is 32.2 Å². The zero-order valence-electron chi connectivity index (χ0n) is 13.8. The maximum absolute atomic E-state index is 5.36. The molecule has 23 heavy (non-hydrogen) atoms. The Balaban J connectivity index is 1.39. The van der Waals surface area contributed by atoms with Crippen molar-refractivity contribution in [3.8, 4) is 0 Å². The summed E-state index contributed by atoms with van der Waals surface area (Å²) in [6.45, 7) is 6.16. The Morgan fingerprint density at radius 2 is 1.78 bits per heavy atom. The summed E-state index contributed by atoms with van der Waals surface area (Å²) in [5.74, 6) is 0. The van der Waals surface area contributed by atoms with E-state index >= 15 is 0 Å². The van der Waals surface area contributed by atoms with Crippen LogP contribution in [0.5, 0.6) is 0 Å². The monoisotopic (exact) mass is 336 g/mol. The van der Waals surface area contributed by atoms with Crippen LogP contribution in [-0.4, -0.2) is 54.4 Å². The van der Waals surface area contributed by atoms with Crippen LogP contribution < -0.4 is 10.6 Å². The average Bonchev–Trinajstić information content (AvgIpc) is 2.59. The van der Waals surface area contributed by atoms with Gasteiger partial charge in [0.15, 0.2) is 5.11 Å². The normalized spacial score (nSPS) is 15.3. The first-order valence-electron chi connectivity index (χ1n) is 8.59. The van der Waals surface area contributed by atoms with Crippen molar-refractivity contribution < 1.29 is 4.74 Å². The molecule has 128 valence electrons. The van der Waals surface area contributed by atoms with Gasteiger partial charge in [0.2, 0.25) is 0 Å². The molecule has 1 aliphatic rings. The highest BCUT2D eigenvalue weighted by atomic mass is 32.1. The second kappa shape index (κ2) is 11.3. The van der Waals surface area contributed by atoms with Crippen molar-refractivity contribution in [3.63, 3.8) is 0 Å². The van der Waals surface area contributed by atoms with Crippen LogP contribution >= 0.6 is 12.2 Å². The number of nitrogens with zero attached hydrogens (tertiary/aromatic N) is 2. The second-order valence-corrected chi connectivity index (χ2v) is 6.25. The highest BCUT2D eigenvalue weighted by molar-refractivity contribution is 7.80. The predicted octanol–water partition coefficient (Wildman–Crippen LogP) is 2.65. The van der Waals surface area contributed by atoms with Crippen LogP contribution in [0.25, 0.3) is 0 Å². The fourth-order valence-corrected chi connectivity index (χ4v) is 2.85. The van der Waals surface area contributed by atoms with E-state index in [-0.39, 0.29) is 0 Å². The molecule has 1 aromatic rings. The predicted molar refractivity (Wildman–Crippen MR) is 98.8 cm³/mol. The van der Waals surface area contributed by atoms with Crippen LogP contribution in [-0.2, 0) is 4.74 Å². The number of nitrogens with one attached hydrogen (secondary N) is 2. The fourth-order valence-electron chi connectivity index (χ4n) is 2.63. The molecule has 0 unspecified atom stereocenters. The van der Waals surface area contributed by atoms with Crippen molar-refractivity contribution >= 4 is 23.0 Å². The van der Waals surface area contributed by atoms with E-state index < -0.39 is 0 Å². The Kier molecular flexibility index (Phi) is 8.91. The summed E-state index contributed by atoms with van der Waals surface area (Å²) in [4.78, 5) is 6.49. The summed E-state index contributed by atoms with van der Waals surface area (Å²) in [7, 11) is 0. The molecular weight excluding hydrogens is 308 g/mol. The van der Waals surface area contributed by atoms with Gasteiger partial charge in [-0.05, 0) is 43.7 Å². The van der Waals surface area contributed by atoms with E-state index in [1.807, 2.05) is 12.1 Å². The molecule has 0 aromatic carbocycles. The fraction of sp³-hybridized carbons (Fsp3) is 0.647. The van der Waals surface area contributed by atoms with Gasteiger partial charge in [-0.2, -0.15) is 0 Å². The molecule has 1 aliphatic heterocycles. The molecule has 0 saturated carbocycles. The average molecular weight is 337 g/mol. The van der Waals surface area contributed by atoms with E-state index in [4.69, 9.17) is 17.0 Å². The van der Waals surface area contributed by atoms with Gasteiger partial charge in [-0.15, -0.1) is 0 Å². The molecule has 1 saturated heterocycles. The zero-order valence-corrected chi connectivity index (χ0v) is 14.6. The molecule has 0 bridgehead atoms.